The van der Waals surface area contributed by atoms with Gasteiger partial charge in [0.1, 0.15) is 0 Å². The first-order chi connectivity index (χ1) is 12.2. The summed E-state index contributed by atoms with van der Waals surface area (Å²) in [7, 11) is 0. The number of H-pyrrole nitrogens is 1. The van der Waals surface area contributed by atoms with E-state index in [1.807, 2.05) is 30.3 Å². The number of hydrogen-bond donors (Lipinski definition) is 2. The van der Waals surface area contributed by atoms with E-state index in [2.05, 4.69) is 15.5 Å². The zero-order valence-electron chi connectivity index (χ0n) is 14.4. The SMILES string of the molecule is Cl.O=C(c1ccccc1)N1CCN(C(=O)c2n[nH]c3c2CNCC3)CC1. The highest BCUT2D eigenvalue weighted by Crippen LogP contribution is 2.18. The Morgan fingerprint density at radius 2 is 1.62 bits per heavy atom. The standard InChI is InChI=1S/C18H21N5O2.ClH/c24-17(13-4-2-1-3-5-13)22-8-10-23(11-9-22)18(25)16-14-12-19-7-6-15(14)20-21-16;/h1-5,19H,6-12H2,(H,20,21);1H. The Morgan fingerprint density at radius 1 is 0.962 bits per heavy atom. The first kappa shape index (κ1) is 18.4. The molecule has 0 saturated carbocycles. The van der Waals surface area contributed by atoms with Crippen LogP contribution in [-0.2, 0) is 13.0 Å². The Hall–Kier alpha value is -2.38. The van der Waals surface area contributed by atoms with Gasteiger partial charge in [0.15, 0.2) is 5.69 Å². The van der Waals surface area contributed by atoms with Crippen LogP contribution in [0.15, 0.2) is 30.3 Å². The van der Waals surface area contributed by atoms with Gasteiger partial charge < -0.3 is 15.1 Å². The number of halogens is 1. The second-order valence-corrected chi connectivity index (χ2v) is 6.41. The largest absolute Gasteiger partial charge is 0.335 e. The molecule has 0 bridgehead atoms. The molecule has 2 aromatic rings. The molecule has 2 aliphatic heterocycles. The molecule has 0 aliphatic carbocycles. The zero-order chi connectivity index (χ0) is 17.2. The maximum Gasteiger partial charge on any atom is 0.274 e. The van der Waals surface area contributed by atoms with Crippen LogP contribution in [0.25, 0.3) is 0 Å². The lowest BCUT2D eigenvalue weighted by Gasteiger charge is -2.34. The molecule has 0 unspecified atom stereocenters. The molecule has 2 aliphatic rings. The van der Waals surface area contributed by atoms with Crippen LogP contribution in [-0.4, -0.2) is 64.5 Å². The predicted molar refractivity (Wildman–Crippen MR) is 99.5 cm³/mol. The molecule has 8 heteroatoms. The summed E-state index contributed by atoms with van der Waals surface area (Å²) in [5.41, 5.74) is 3.25. The van der Waals surface area contributed by atoms with Crippen LogP contribution in [0.3, 0.4) is 0 Å². The third kappa shape index (κ3) is 3.45. The molecule has 138 valence electrons. The number of piperazine rings is 1. The first-order valence-electron chi connectivity index (χ1n) is 8.64. The minimum atomic E-state index is -0.0481. The minimum absolute atomic E-state index is 0. The van der Waals surface area contributed by atoms with Crippen LogP contribution in [0.4, 0.5) is 0 Å². The number of hydrogen-bond acceptors (Lipinski definition) is 4. The Balaban J connectivity index is 0.00000196. The summed E-state index contributed by atoms with van der Waals surface area (Å²) in [5.74, 6) is -0.0259. The predicted octanol–water partition coefficient (Wildman–Crippen LogP) is 1.08. The van der Waals surface area contributed by atoms with E-state index in [0.29, 0.717) is 44.0 Å². The molecule has 1 aromatic carbocycles. The van der Waals surface area contributed by atoms with Gasteiger partial charge in [0.2, 0.25) is 0 Å². The number of aromatic nitrogens is 2. The van der Waals surface area contributed by atoms with Crippen molar-refractivity contribution in [2.45, 2.75) is 13.0 Å². The average molecular weight is 376 g/mol. The topological polar surface area (TPSA) is 81.3 Å². The first-order valence-corrected chi connectivity index (χ1v) is 8.64. The second-order valence-electron chi connectivity index (χ2n) is 6.41. The van der Waals surface area contributed by atoms with Crippen molar-refractivity contribution in [3.8, 4) is 0 Å². The van der Waals surface area contributed by atoms with E-state index in [9.17, 15) is 9.59 Å². The molecule has 1 saturated heterocycles. The van der Waals surface area contributed by atoms with Gasteiger partial charge >= 0.3 is 0 Å². The van der Waals surface area contributed by atoms with E-state index in [1.165, 1.54) is 0 Å². The van der Waals surface area contributed by atoms with Gasteiger partial charge in [-0.3, -0.25) is 14.7 Å². The molecular formula is C18H22ClN5O2. The van der Waals surface area contributed by atoms with Gasteiger partial charge in [-0.25, -0.2) is 0 Å². The number of rotatable bonds is 2. The quantitative estimate of drug-likeness (QED) is 0.822. The fourth-order valence-corrected chi connectivity index (χ4v) is 3.43. The normalized spacial score (nSPS) is 16.6. The van der Waals surface area contributed by atoms with Gasteiger partial charge in [-0.2, -0.15) is 5.10 Å². The van der Waals surface area contributed by atoms with Crippen LogP contribution in [0.1, 0.15) is 32.1 Å². The lowest BCUT2D eigenvalue weighted by Crippen LogP contribution is -2.50. The average Bonchev–Trinajstić information content (AvgIpc) is 3.12. The molecule has 1 fully saturated rings. The van der Waals surface area contributed by atoms with Crippen LogP contribution < -0.4 is 5.32 Å². The number of carbonyl (C=O) groups excluding carboxylic acids is 2. The molecule has 0 spiro atoms. The maximum absolute atomic E-state index is 12.8. The monoisotopic (exact) mass is 375 g/mol. The second kappa shape index (κ2) is 7.88. The summed E-state index contributed by atoms with van der Waals surface area (Å²) in [4.78, 5) is 28.9. The fourth-order valence-electron chi connectivity index (χ4n) is 3.43. The Labute approximate surface area is 158 Å². The lowest BCUT2D eigenvalue weighted by molar-refractivity contribution is 0.0531. The van der Waals surface area contributed by atoms with Crippen molar-refractivity contribution in [3.05, 3.63) is 52.8 Å². The molecule has 7 nitrogen and oxygen atoms in total. The van der Waals surface area contributed by atoms with E-state index in [1.54, 1.807) is 9.80 Å². The summed E-state index contributed by atoms with van der Waals surface area (Å²) >= 11 is 0. The summed E-state index contributed by atoms with van der Waals surface area (Å²) in [5, 5.41) is 10.5. The lowest BCUT2D eigenvalue weighted by atomic mass is 10.1. The van der Waals surface area contributed by atoms with Gasteiger partial charge in [-0.1, -0.05) is 18.2 Å². The molecule has 3 heterocycles. The Morgan fingerprint density at radius 3 is 2.31 bits per heavy atom. The highest BCUT2D eigenvalue weighted by Gasteiger charge is 2.29. The van der Waals surface area contributed by atoms with Crippen LogP contribution >= 0.6 is 12.4 Å². The molecule has 0 atom stereocenters. The molecule has 1 aromatic heterocycles. The van der Waals surface area contributed by atoms with Crippen molar-refractivity contribution in [2.75, 3.05) is 32.7 Å². The third-order valence-electron chi connectivity index (χ3n) is 4.88. The van der Waals surface area contributed by atoms with E-state index in [4.69, 9.17) is 0 Å². The third-order valence-corrected chi connectivity index (χ3v) is 4.88. The van der Waals surface area contributed by atoms with Crippen molar-refractivity contribution in [1.29, 1.82) is 0 Å². The number of carbonyl (C=O) groups is 2. The van der Waals surface area contributed by atoms with E-state index in [-0.39, 0.29) is 24.2 Å². The van der Waals surface area contributed by atoms with Crippen molar-refractivity contribution < 1.29 is 9.59 Å². The summed E-state index contributed by atoms with van der Waals surface area (Å²) in [6, 6.07) is 9.27. The van der Waals surface area contributed by atoms with Gasteiger partial charge in [0, 0.05) is 62.5 Å². The minimum Gasteiger partial charge on any atom is -0.335 e. The zero-order valence-corrected chi connectivity index (χ0v) is 15.2. The molecular weight excluding hydrogens is 354 g/mol. The van der Waals surface area contributed by atoms with Crippen LogP contribution in [0.5, 0.6) is 0 Å². The van der Waals surface area contributed by atoms with Crippen LogP contribution in [0.2, 0.25) is 0 Å². The Kier molecular flexibility index (Phi) is 5.58. The Bertz CT molecular complexity index is 784. The maximum atomic E-state index is 12.8. The van der Waals surface area contributed by atoms with E-state index in [0.717, 1.165) is 24.2 Å². The number of nitrogens with one attached hydrogen (secondary N) is 2. The number of nitrogens with zero attached hydrogens (tertiary/aromatic N) is 3. The smallest absolute Gasteiger partial charge is 0.274 e. The molecule has 0 radical (unpaired) electrons. The number of amides is 2. The molecule has 2 amide bonds. The highest BCUT2D eigenvalue weighted by atomic mass is 35.5. The number of aromatic amines is 1. The van der Waals surface area contributed by atoms with Gasteiger partial charge in [-0.05, 0) is 12.1 Å². The fraction of sp³-hybridized carbons (Fsp3) is 0.389. The van der Waals surface area contributed by atoms with Crippen LogP contribution in [0, 0.1) is 0 Å². The van der Waals surface area contributed by atoms with E-state index < -0.39 is 0 Å². The summed E-state index contributed by atoms with van der Waals surface area (Å²) in [6.07, 6.45) is 0.870. The highest BCUT2D eigenvalue weighted by molar-refractivity contribution is 5.96. The van der Waals surface area contributed by atoms with Crippen molar-refractivity contribution in [2.24, 2.45) is 0 Å². The van der Waals surface area contributed by atoms with E-state index >= 15 is 0 Å². The summed E-state index contributed by atoms with van der Waals surface area (Å²) in [6.45, 7) is 3.75. The molecule has 4 rings (SSSR count). The molecule has 26 heavy (non-hydrogen) atoms. The summed E-state index contributed by atoms with van der Waals surface area (Å²) < 4.78 is 0. The number of benzene rings is 1. The van der Waals surface area contributed by atoms with Gasteiger partial charge in [0.25, 0.3) is 11.8 Å². The molecule has 2 N–H and O–H groups in total. The van der Waals surface area contributed by atoms with Gasteiger partial charge in [-0.15, -0.1) is 12.4 Å². The van der Waals surface area contributed by atoms with Crippen molar-refractivity contribution in [1.82, 2.24) is 25.3 Å². The van der Waals surface area contributed by atoms with Crippen molar-refractivity contribution in [3.63, 3.8) is 0 Å². The number of fused-ring (bicyclic) bond motifs is 1. The van der Waals surface area contributed by atoms with Gasteiger partial charge in [0.05, 0.1) is 0 Å². The van der Waals surface area contributed by atoms with Crippen molar-refractivity contribution >= 4 is 24.2 Å².